The summed E-state index contributed by atoms with van der Waals surface area (Å²) in [5.74, 6) is -2.70. The Morgan fingerprint density at radius 1 is 1.24 bits per heavy atom. The van der Waals surface area contributed by atoms with Crippen molar-refractivity contribution in [3.05, 3.63) is 23.8 Å². The first kappa shape index (κ1) is 30.5. The SMILES string of the molecule is CO[C@@H]1CN(C)C(=O)c2cc(NS(=O)(=O)CC(F)(F)F)ccc2OC[C@@H](C)N(C(=O)NC(C)C)C[C@H]1C. The number of benzene rings is 1. The summed E-state index contributed by atoms with van der Waals surface area (Å²) in [6.45, 7) is 7.82. The number of nitrogens with zero attached hydrogens (tertiary/aromatic N) is 2. The Kier molecular flexibility index (Phi) is 10.1. The van der Waals surface area contributed by atoms with Crippen molar-refractivity contribution in [1.29, 1.82) is 0 Å². The molecule has 1 aliphatic heterocycles. The molecule has 0 radical (unpaired) electrons. The third kappa shape index (κ3) is 8.95. The Morgan fingerprint density at radius 3 is 2.46 bits per heavy atom. The van der Waals surface area contributed by atoms with E-state index in [1.54, 1.807) is 11.8 Å². The molecule has 210 valence electrons. The van der Waals surface area contributed by atoms with Gasteiger partial charge in [-0.2, -0.15) is 13.2 Å². The van der Waals surface area contributed by atoms with Crippen LogP contribution in [-0.4, -0.2) is 94.1 Å². The van der Waals surface area contributed by atoms with Gasteiger partial charge in [0.15, 0.2) is 5.75 Å². The van der Waals surface area contributed by atoms with Crippen LogP contribution < -0.4 is 14.8 Å². The van der Waals surface area contributed by atoms with E-state index in [0.717, 1.165) is 6.07 Å². The average Bonchev–Trinajstić information content (AvgIpc) is 2.75. The lowest BCUT2D eigenvalue weighted by atomic mass is 10.0. The predicted molar refractivity (Wildman–Crippen MR) is 132 cm³/mol. The molecule has 0 aromatic heterocycles. The number of halogens is 3. The van der Waals surface area contributed by atoms with Crippen LogP contribution in [0, 0.1) is 5.92 Å². The molecule has 2 N–H and O–H groups in total. The Bertz CT molecular complexity index is 1070. The Balaban J connectivity index is 2.46. The van der Waals surface area contributed by atoms with Crippen LogP contribution in [0.1, 0.15) is 38.1 Å². The predicted octanol–water partition coefficient (Wildman–Crippen LogP) is 2.91. The van der Waals surface area contributed by atoms with Crippen LogP contribution in [0.5, 0.6) is 5.75 Å². The van der Waals surface area contributed by atoms with Crippen molar-refractivity contribution in [3.8, 4) is 5.75 Å². The van der Waals surface area contributed by atoms with Gasteiger partial charge in [0, 0.05) is 44.9 Å². The van der Waals surface area contributed by atoms with E-state index < -0.39 is 40.0 Å². The van der Waals surface area contributed by atoms with Gasteiger partial charge in [-0.15, -0.1) is 0 Å². The molecule has 37 heavy (non-hydrogen) atoms. The van der Waals surface area contributed by atoms with E-state index in [-0.39, 0.29) is 48.1 Å². The van der Waals surface area contributed by atoms with Gasteiger partial charge in [0.1, 0.15) is 12.4 Å². The van der Waals surface area contributed by atoms with Gasteiger partial charge in [-0.25, -0.2) is 13.2 Å². The molecule has 14 heteroatoms. The second-order valence-electron chi connectivity index (χ2n) is 9.54. The summed E-state index contributed by atoms with van der Waals surface area (Å²) in [4.78, 5) is 29.2. The van der Waals surface area contributed by atoms with Crippen molar-refractivity contribution in [1.82, 2.24) is 15.1 Å². The van der Waals surface area contributed by atoms with Crippen LogP contribution in [-0.2, 0) is 14.8 Å². The summed E-state index contributed by atoms with van der Waals surface area (Å²) in [6, 6.07) is 2.83. The number of sulfonamides is 1. The highest BCUT2D eigenvalue weighted by atomic mass is 32.2. The van der Waals surface area contributed by atoms with Gasteiger partial charge in [-0.3, -0.25) is 9.52 Å². The van der Waals surface area contributed by atoms with Gasteiger partial charge in [0.2, 0.25) is 10.0 Å². The van der Waals surface area contributed by atoms with Crippen LogP contribution in [0.25, 0.3) is 0 Å². The number of rotatable bonds is 5. The molecular formula is C23H35F3N4O6S. The topological polar surface area (TPSA) is 117 Å². The third-order valence-electron chi connectivity index (χ3n) is 5.74. The number of carbonyl (C=O) groups excluding carboxylic acids is 2. The van der Waals surface area contributed by atoms with Crippen molar-refractivity contribution in [2.24, 2.45) is 5.92 Å². The number of likely N-dealkylation sites (N-methyl/N-ethyl adjacent to an activating group) is 1. The van der Waals surface area contributed by atoms with Crippen molar-refractivity contribution in [3.63, 3.8) is 0 Å². The average molecular weight is 553 g/mol. The van der Waals surface area contributed by atoms with Gasteiger partial charge >= 0.3 is 12.2 Å². The monoisotopic (exact) mass is 552 g/mol. The second kappa shape index (κ2) is 12.2. The zero-order valence-electron chi connectivity index (χ0n) is 21.8. The molecule has 10 nitrogen and oxygen atoms in total. The number of carbonyl (C=O) groups is 2. The zero-order chi connectivity index (χ0) is 28.1. The van der Waals surface area contributed by atoms with E-state index in [4.69, 9.17) is 9.47 Å². The van der Waals surface area contributed by atoms with Crippen LogP contribution in [0.2, 0.25) is 0 Å². The van der Waals surface area contributed by atoms with E-state index in [2.05, 4.69) is 5.32 Å². The number of methoxy groups -OCH3 is 1. The normalized spacial score (nSPS) is 22.0. The number of ether oxygens (including phenoxy) is 2. The Labute approximate surface area is 215 Å². The fourth-order valence-corrected chi connectivity index (χ4v) is 4.87. The summed E-state index contributed by atoms with van der Waals surface area (Å²) in [5, 5.41) is 2.87. The number of anilines is 1. The van der Waals surface area contributed by atoms with E-state index in [0.29, 0.717) is 6.54 Å². The number of urea groups is 1. The molecule has 0 fully saturated rings. The van der Waals surface area contributed by atoms with Gasteiger partial charge < -0.3 is 24.6 Å². The van der Waals surface area contributed by atoms with E-state index in [1.807, 2.05) is 25.5 Å². The first-order chi connectivity index (χ1) is 17.0. The van der Waals surface area contributed by atoms with Crippen molar-refractivity contribution < 1.29 is 40.7 Å². The van der Waals surface area contributed by atoms with Crippen molar-refractivity contribution >= 4 is 27.6 Å². The lowest BCUT2D eigenvalue weighted by molar-refractivity contribution is -0.106. The van der Waals surface area contributed by atoms with Crippen LogP contribution in [0.15, 0.2) is 18.2 Å². The van der Waals surface area contributed by atoms with Crippen molar-refractivity contribution in [2.75, 3.05) is 44.3 Å². The lowest BCUT2D eigenvalue weighted by Gasteiger charge is -2.36. The molecule has 3 atom stereocenters. The number of fused-ring (bicyclic) bond motifs is 1. The highest BCUT2D eigenvalue weighted by Crippen LogP contribution is 2.28. The second-order valence-corrected chi connectivity index (χ2v) is 11.3. The first-order valence-corrected chi connectivity index (χ1v) is 13.4. The maximum atomic E-state index is 13.3. The number of hydrogen-bond acceptors (Lipinski definition) is 6. The third-order valence-corrected chi connectivity index (χ3v) is 7.00. The number of alkyl halides is 3. The molecule has 3 amide bonds. The summed E-state index contributed by atoms with van der Waals surface area (Å²) >= 11 is 0. The molecule has 0 bridgehead atoms. The molecule has 1 heterocycles. The minimum atomic E-state index is -4.93. The molecule has 0 spiro atoms. The van der Waals surface area contributed by atoms with E-state index in [1.165, 1.54) is 31.2 Å². The molecule has 0 saturated carbocycles. The smallest absolute Gasteiger partial charge is 0.404 e. The number of hydrogen-bond donors (Lipinski definition) is 2. The van der Waals surface area contributed by atoms with Gasteiger partial charge in [-0.1, -0.05) is 6.92 Å². The van der Waals surface area contributed by atoms with Crippen LogP contribution in [0.3, 0.4) is 0 Å². The van der Waals surface area contributed by atoms with Crippen LogP contribution in [0.4, 0.5) is 23.7 Å². The lowest BCUT2D eigenvalue weighted by Crippen LogP contribution is -2.52. The largest absolute Gasteiger partial charge is 0.491 e. The highest BCUT2D eigenvalue weighted by Gasteiger charge is 2.35. The molecule has 0 unspecified atom stereocenters. The number of amides is 3. The minimum Gasteiger partial charge on any atom is -0.491 e. The standard InChI is InChI=1S/C23H35F3N4O6S/c1-14(2)27-22(32)30-10-15(3)20(35-6)11-29(5)21(31)18-9-17(7-8-19(18)36-12-16(30)4)28-37(33,34)13-23(24,25)26/h7-9,14-16,20,28H,10-13H2,1-6H3,(H,27,32)/t15-,16-,20-/m1/s1. The minimum absolute atomic E-state index is 0.000966. The van der Waals surface area contributed by atoms with Gasteiger partial charge in [-0.05, 0) is 39.0 Å². The quantitative estimate of drug-likeness (QED) is 0.580. The molecular weight excluding hydrogens is 517 g/mol. The molecule has 2 rings (SSSR count). The molecule has 1 aromatic rings. The molecule has 1 aromatic carbocycles. The first-order valence-electron chi connectivity index (χ1n) is 11.7. The van der Waals surface area contributed by atoms with E-state index >= 15 is 0 Å². The van der Waals surface area contributed by atoms with Crippen LogP contribution >= 0.6 is 0 Å². The summed E-state index contributed by atoms with van der Waals surface area (Å²) in [6.07, 6.45) is -5.38. The maximum absolute atomic E-state index is 13.3. The van der Waals surface area contributed by atoms with Gasteiger partial charge in [0.25, 0.3) is 5.91 Å². The fraction of sp³-hybridized carbons (Fsp3) is 0.652. The molecule has 0 aliphatic carbocycles. The fourth-order valence-electron chi connectivity index (χ4n) is 3.88. The van der Waals surface area contributed by atoms with E-state index in [9.17, 15) is 31.2 Å². The zero-order valence-corrected chi connectivity index (χ0v) is 22.6. The molecule has 0 saturated heterocycles. The number of nitrogens with one attached hydrogen (secondary N) is 2. The highest BCUT2D eigenvalue weighted by molar-refractivity contribution is 7.92. The summed E-state index contributed by atoms with van der Waals surface area (Å²) in [7, 11) is -1.74. The maximum Gasteiger partial charge on any atom is 0.404 e. The van der Waals surface area contributed by atoms with Gasteiger partial charge in [0.05, 0.1) is 17.7 Å². The summed E-state index contributed by atoms with van der Waals surface area (Å²) < 4.78 is 75.2. The summed E-state index contributed by atoms with van der Waals surface area (Å²) in [5.41, 5.74) is -0.272. The van der Waals surface area contributed by atoms with Crippen molar-refractivity contribution in [2.45, 2.75) is 52.1 Å². The molecule has 1 aliphatic rings. The Hall–Kier alpha value is -2.74. The Morgan fingerprint density at radius 2 is 1.89 bits per heavy atom.